The quantitative estimate of drug-likeness (QED) is 0.142. The number of thiocarbonyl (C=S) groups is 1. The first kappa shape index (κ1) is 28.6. The summed E-state index contributed by atoms with van der Waals surface area (Å²) in [5, 5.41) is 12.5. The third-order valence-corrected chi connectivity index (χ3v) is 11.1. The molecule has 4 bridgehead atoms. The van der Waals surface area contributed by atoms with Crippen LogP contribution >= 0.6 is 24.0 Å². The van der Waals surface area contributed by atoms with Gasteiger partial charge >= 0.3 is 10.1 Å². The number of benzene rings is 2. The molecule has 4 aliphatic carbocycles. The molecule has 1 aliphatic heterocycles. The van der Waals surface area contributed by atoms with Gasteiger partial charge in [-0.15, -0.1) is 0 Å². The molecule has 2 aromatic carbocycles. The number of amides is 2. The molecular weight excluding hydrogens is 603 g/mol. The highest BCUT2D eigenvalue weighted by atomic mass is 32.2. The lowest BCUT2D eigenvalue weighted by Gasteiger charge is -2.55. The molecule has 42 heavy (non-hydrogen) atoms. The van der Waals surface area contributed by atoms with Crippen molar-refractivity contribution < 1.29 is 31.9 Å². The number of para-hydroxylation sites is 1. The molecule has 5 aliphatic rings. The maximum absolute atomic E-state index is 13.5. The predicted octanol–water partition coefficient (Wildman–Crippen LogP) is 4.82. The Balaban J connectivity index is 1.19. The van der Waals surface area contributed by atoms with Crippen LogP contribution in [0.1, 0.15) is 44.1 Å². The largest absolute Gasteiger partial charge is 0.493 e. The number of thioether (sulfide) groups is 1. The number of hydrazine groups is 1. The summed E-state index contributed by atoms with van der Waals surface area (Å²) >= 11 is 6.48. The molecule has 11 nitrogen and oxygen atoms in total. The first-order chi connectivity index (χ1) is 20.0. The first-order valence-corrected chi connectivity index (χ1v) is 16.1. The van der Waals surface area contributed by atoms with Gasteiger partial charge in [0.15, 0.2) is 20.7 Å². The molecule has 0 radical (unpaired) electrons. The van der Waals surface area contributed by atoms with Crippen molar-refractivity contribution in [3.63, 3.8) is 0 Å². The first-order valence-electron chi connectivity index (χ1n) is 13.4. The second kappa shape index (κ2) is 10.7. The van der Waals surface area contributed by atoms with Gasteiger partial charge in [0.2, 0.25) is 5.91 Å². The minimum absolute atomic E-state index is 0.0245. The number of rotatable bonds is 8. The number of carbonyl (C=O) groups excluding carboxylic acids is 2. The molecule has 2 aromatic rings. The molecule has 0 unspecified atom stereocenters. The van der Waals surface area contributed by atoms with E-state index in [1.165, 1.54) is 56.7 Å². The Labute approximate surface area is 251 Å². The fourth-order valence-corrected chi connectivity index (χ4v) is 9.44. The van der Waals surface area contributed by atoms with Gasteiger partial charge in [-0.25, -0.2) is 0 Å². The topological polar surface area (TPSA) is 145 Å². The van der Waals surface area contributed by atoms with Gasteiger partial charge in [-0.2, -0.15) is 13.4 Å². The van der Waals surface area contributed by atoms with Crippen LogP contribution in [-0.4, -0.2) is 41.6 Å². The standard InChI is InChI=1S/C28H27N3O8S3/c1-38-22-11-16(6-7-21(22)39-42(36,37)24-5-3-2-4-20(24)31(34)35)12-23-25(32)30(27(40)41-23)29-26(33)28-13-17-8-18(14-28)10-19(9-17)15-28/h2-7,11-12,17-19H,8-10,13-15H2,1H3,(H,29,33)/b23-12-. The van der Waals surface area contributed by atoms with Crippen molar-refractivity contribution in [2.45, 2.75) is 43.4 Å². The summed E-state index contributed by atoms with van der Waals surface area (Å²) < 4.78 is 36.5. The number of ether oxygens (including phenoxy) is 1. The minimum atomic E-state index is -4.57. The summed E-state index contributed by atoms with van der Waals surface area (Å²) in [6, 6.07) is 9.15. The summed E-state index contributed by atoms with van der Waals surface area (Å²) in [6.45, 7) is 0. The van der Waals surface area contributed by atoms with Crippen LogP contribution in [0, 0.1) is 33.3 Å². The number of nitro groups is 1. The zero-order chi connectivity index (χ0) is 29.8. The van der Waals surface area contributed by atoms with Gasteiger partial charge in [-0.1, -0.05) is 30.0 Å². The van der Waals surface area contributed by atoms with Crippen molar-refractivity contribution in [3.8, 4) is 11.5 Å². The van der Waals surface area contributed by atoms with Crippen molar-refractivity contribution in [3.05, 3.63) is 63.0 Å². The average Bonchev–Trinajstić information content (AvgIpc) is 3.20. The number of nitro benzene ring substituents is 1. The molecule has 0 atom stereocenters. The molecular formula is C28H27N3O8S3. The van der Waals surface area contributed by atoms with E-state index in [4.69, 9.17) is 21.1 Å². The van der Waals surface area contributed by atoms with E-state index >= 15 is 0 Å². The summed E-state index contributed by atoms with van der Waals surface area (Å²) in [7, 11) is -3.26. The van der Waals surface area contributed by atoms with Crippen molar-refractivity contribution in [2.24, 2.45) is 23.2 Å². The molecule has 2 amide bonds. The SMILES string of the molecule is COc1cc(/C=C2\SC(=S)N(NC(=O)C34CC5CC(CC(C5)C3)C4)C2=O)ccc1OS(=O)(=O)c1ccccc1[N+](=O)[O-]. The van der Waals surface area contributed by atoms with E-state index in [2.05, 4.69) is 5.43 Å². The van der Waals surface area contributed by atoms with Crippen molar-refractivity contribution in [1.29, 1.82) is 0 Å². The van der Waals surface area contributed by atoms with Crippen molar-refractivity contribution >= 4 is 62.0 Å². The molecule has 1 saturated heterocycles. The molecule has 14 heteroatoms. The lowest BCUT2D eigenvalue weighted by molar-refractivity contribution is -0.387. The van der Waals surface area contributed by atoms with Crippen LogP contribution in [0.25, 0.3) is 6.08 Å². The van der Waals surface area contributed by atoms with Gasteiger partial charge in [0.25, 0.3) is 11.6 Å². The van der Waals surface area contributed by atoms with Crippen LogP contribution in [0.3, 0.4) is 0 Å². The fraction of sp³-hybridized carbons (Fsp3) is 0.393. The van der Waals surface area contributed by atoms with E-state index in [1.54, 1.807) is 6.08 Å². The zero-order valence-electron chi connectivity index (χ0n) is 22.5. The Morgan fingerprint density at radius 3 is 2.38 bits per heavy atom. The molecule has 0 aromatic heterocycles. The maximum atomic E-state index is 13.5. The van der Waals surface area contributed by atoms with E-state index < -0.39 is 36.9 Å². The van der Waals surface area contributed by atoms with E-state index in [0.717, 1.165) is 48.2 Å². The second-order valence-electron chi connectivity index (χ2n) is 11.3. The summed E-state index contributed by atoms with van der Waals surface area (Å²) in [5.74, 6) is 0.969. The van der Waals surface area contributed by atoms with Crippen LogP contribution in [0.2, 0.25) is 0 Å². The Morgan fingerprint density at radius 2 is 1.76 bits per heavy atom. The number of methoxy groups -OCH3 is 1. The van der Waals surface area contributed by atoms with Gasteiger partial charge in [0.1, 0.15) is 0 Å². The van der Waals surface area contributed by atoms with Gasteiger partial charge in [0, 0.05) is 6.07 Å². The normalized spacial score (nSPS) is 27.4. The van der Waals surface area contributed by atoms with Crippen LogP contribution in [0.15, 0.2) is 52.3 Å². The average molecular weight is 630 g/mol. The number of hydrogen-bond acceptors (Lipinski definition) is 10. The highest BCUT2D eigenvalue weighted by Gasteiger charge is 2.55. The van der Waals surface area contributed by atoms with Crippen molar-refractivity contribution in [2.75, 3.05) is 7.11 Å². The molecule has 4 saturated carbocycles. The van der Waals surface area contributed by atoms with E-state index in [-0.39, 0.29) is 26.6 Å². The van der Waals surface area contributed by atoms with Gasteiger partial charge in [-0.05, 0) is 98.3 Å². The highest BCUT2D eigenvalue weighted by molar-refractivity contribution is 8.26. The molecule has 0 spiro atoms. The molecule has 220 valence electrons. The second-order valence-corrected chi connectivity index (χ2v) is 14.5. The van der Waals surface area contributed by atoms with E-state index in [1.807, 2.05) is 0 Å². The number of nitrogens with one attached hydrogen (secondary N) is 1. The Hall–Kier alpha value is -3.49. The predicted molar refractivity (Wildman–Crippen MR) is 158 cm³/mol. The lowest BCUT2D eigenvalue weighted by Crippen LogP contribution is -2.57. The van der Waals surface area contributed by atoms with Gasteiger partial charge < -0.3 is 8.92 Å². The lowest BCUT2D eigenvalue weighted by atomic mass is 9.49. The van der Waals surface area contributed by atoms with E-state index in [9.17, 15) is 28.1 Å². The van der Waals surface area contributed by atoms with Crippen LogP contribution in [0.4, 0.5) is 5.69 Å². The minimum Gasteiger partial charge on any atom is -0.493 e. The zero-order valence-corrected chi connectivity index (χ0v) is 24.9. The Kier molecular flexibility index (Phi) is 7.26. The maximum Gasteiger partial charge on any atom is 0.346 e. The van der Waals surface area contributed by atoms with Crippen molar-refractivity contribution in [1.82, 2.24) is 10.4 Å². The number of nitrogens with zero attached hydrogens (tertiary/aromatic N) is 2. The highest BCUT2D eigenvalue weighted by Crippen LogP contribution is 2.60. The summed E-state index contributed by atoms with van der Waals surface area (Å²) in [4.78, 5) is 37.0. The molecule has 5 fully saturated rings. The smallest absolute Gasteiger partial charge is 0.346 e. The Morgan fingerprint density at radius 1 is 1.12 bits per heavy atom. The summed E-state index contributed by atoms with van der Waals surface area (Å²) in [6.07, 6.45) is 7.72. The van der Waals surface area contributed by atoms with Crippen LogP contribution in [0.5, 0.6) is 11.5 Å². The van der Waals surface area contributed by atoms with Crippen LogP contribution in [-0.2, 0) is 19.7 Å². The number of carbonyl (C=O) groups is 2. The van der Waals surface area contributed by atoms with Crippen LogP contribution < -0.4 is 14.3 Å². The Bertz CT molecular complexity index is 1620. The third kappa shape index (κ3) is 5.15. The molecule has 1 N–H and O–H groups in total. The van der Waals surface area contributed by atoms with Gasteiger partial charge in [-0.3, -0.25) is 25.1 Å². The summed E-state index contributed by atoms with van der Waals surface area (Å²) in [5.41, 5.74) is 2.24. The number of hydrogen-bond donors (Lipinski definition) is 1. The monoisotopic (exact) mass is 629 g/mol. The van der Waals surface area contributed by atoms with Gasteiger partial charge in [0.05, 0.1) is 22.4 Å². The fourth-order valence-electron chi connectivity index (χ4n) is 7.15. The third-order valence-electron chi connectivity index (χ3n) is 8.54. The molecule has 1 heterocycles. The molecule has 7 rings (SSSR count). The van der Waals surface area contributed by atoms with E-state index in [0.29, 0.717) is 23.3 Å².